The lowest BCUT2D eigenvalue weighted by Gasteiger charge is -2.09. The normalized spacial score (nSPS) is 13.6. The quantitative estimate of drug-likeness (QED) is 0.787. The molecule has 1 aromatic carbocycles. The van der Waals surface area contributed by atoms with Crippen molar-refractivity contribution >= 4 is 28.5 Å². The van der Waals surface area contributed by atoms with E-state index in [1.54, 1.807) is 6.92 Å². The van der Waals surface area contributed by atoms with E-state index < -0.39 is 5.97 Å². The number of carbonyl (C=O) groups excluding carboxylic acids is 1. The molecule has 1 heterocycles. The first-order valence-electron chi connectivity index (χ1n) is 6.48. The molecule has 4 heteroatoms. The standard InChI is InChI=1S/C15H14ClNO2/c1-2-19-15(18)12-8-17-14-10-5-3-4-9(10)6-7-11(14)13(12)16/h6-8H,2-5H2,1H3. The van der Waals surface area contributed by atoms with Crippen LogP contribution >= 0.6 is 11.6 Å². The van der Waals surface area contributed by atoms with Gasteiger partial charge in [0.1, 0.15) is 0 Å². The van der Waals surface area contributed by atoms with Gasteiger partial charge in [-0.2, -0.15) is 0 Å². The lowest BCUT2D eigenvalue weighted by molar-refractivity contribution is 0.0526. The molecular weight excluding hydrogens is 262 g/mol. The van der Waals surface area contributed by atoms with Gasteiger partial charge in [-0.1, -0.05) is 23.7 Å². The Labute approximate surface area is 116 Å². The molecule has 0 amide bonds. The molecule has 0 saturated heterocycles. The number of esters is 1. The summed E-state index contributed by atoms with van der Waals surface area (Å²) in [6, 6.07) is 4.05. The van der Waals surface area contributed by atoms with Crippen LogP contribution in [0.25, 0.3) is 10.9 Å². The lowest BCUT2D eigenvalue weighted by atomic mass is 10.0. The molecule has 0 aliphatic heterocycles. The van der Waals surface area contributed by atoms with Gasteiger partial charge in [-0.15, -0.1) is 0 Å². The minimum Gasteiger partial charge on any atom is -0.462 e. The fourth-order valence-electron chi connectivity index (χ4n) is 2.65. The molecule has 0 radical (unpaired) electrons. The van der Waals surface area contributed by atoms with E-state index in [0.29, 0.717) is 17.2 Å². The second-order valence-corrected chi connectivity index (χ2v) is 5.04. The molecule has 0 bridgehead atoms. The van der Waals surface area contributed by atoms with Crippen LogP contribution < -0.4 is 0 Å². The van der Waals surface area contributed by atoms with Crippen molar-refractivity contribution in [3.63, 3.8) is 0 Å². The highest BCUT2D eigenvalue weighted by molar-refractivity contribution is 6.38. The Morgan fingerprint density at radius 3 is 3.05 bits per heavy atom. The summed E-state index contributed by atoms with van der Waals surface area (Å²) in [7, 11) is 0. The Hall–Kier alpha value is -1.61. The molecule has 1 aromatic heterocycles. The molecule has 0 fully saturated rings. The molecule has 0 spiro atoms. The number of hydrogen-bond donors (Lipinski definition) is 0. The van der Waals surface area contributed by atoms with Gasteiger partial charge in [0.05, 0.1) is 22.7 Å². The number of carbonyl (C=O) groups is 1. The Morgan fingerprint density at radius 2 is 2.26 bits per heavy atom. The van der Waals surface area contributed by atoms with Crippen molar-refractivity contribution in [2.45, 2.75) is 26.2 Å². The Kier molecular flexibility index (Phi) is 3.15. The van der Waals surface area contributed by atoms with Crippen molar-refractivity contribution in [2.24, 2.45) is 0 Å². The average molecular weight is 276 g/mol. The van der Waals surface area contributed by atoms with Crippen LogP contribution in [-0.4, -0.2) is 17.6 Å². The molecule has 0 N–H and O–H groups in total. The smallest absolute Gasteiger partial charge is 0.341 e. The molecule has 1 aliphatic carbocycles. The molecule has 3 rings (SSSR count). The SMILES string of the molecule is CCOC(=O)c1cnc2c3c(ccc2c1Cl)CCC3. The molecule has 19 heavy (non-hydrogen) atoms. The van der Waals surface area contributed by atoms with Crippen molar-refractivity contribution in [3.8, 4) is 0 Å². The van der Waals surface area contributed by atoms with Crippen LogP contribution in [0.1, 0.15) is 34.8 Å². The first-order valence-corrected chi connectivity index (χ1v) is 6.86. The Balaban J connectivity index is 2.18. The van der Waals surface area contributed by atoms with E-state index in [-0.39, 0.29) is 0 Å². The maximum absolute atomic E-state index is 11.8. The van der Waals surface area contributed by atoms with Gasteiger partial charge < -0.3 is 4.74 Å². The minimum absolute atomic E-state index is 0.331. The van der Waals surface area contributed by atoms with Crippen molar-refractivity contribution in [1.82, 2.24) is 4.98 Å². The molecule has 0 saturated carbocycles. The van der Waals surface area contributed by atoms with Crippen molar-refractivity contribution in [3.05, 3.63) is 40.0 Å². The number of pyridine rings is 1. The summed E-state index contributed by atoms with van der Waals surface area (Å²) >= 11 is 6.33. The summed E-state index contributed by atoms with van der Waals surface area (Å²) in [5.74, 6) is -0.414. The van der Waals surface area contributed by atoms with Gasteiger partial charge in [0.15, 0.2) is 0 Å². The number of benzene rings is 1. The van der Waals surface area contributed by atoms with Gasteiger partial charge in [-0.3, -0.25) is 4.98 Å². The molecule has 98 valence electrons. The molecule has 0 unspecified atom stereocenters. The first-order chi connectivity index (χ1) is 9.22. The highest BCUT2D eigenvalue weighted by Crippen LogP contribution is 2.33. The summed E-state index contributed by atoms with van der Waals surface area (Å²) < 4.78 is 4.99. The number of ether oxygens (including phenoxy) is 1. The second-order valence-electron chi connectivity index (χ2n) is 4.66. The third kappa shape index (κ3) is 1.98. The van der Waals surface area contributed by atoms with Crippen molar-refractivity contribution in [2.75, 3.05) is 6.61 Å². The molecule has 0 atom stereocenters. The summed E-state index contributed by atoms with van der Waals surface area (Å²) in [6.45, 7) is 2.10. The predicted molar refractivity (Wildman–Crippen MR) is 74.7 cm³/mol. The third-order valence-corrected chi connectivity index (χ3v) is 3.95. The van der Waals surface area contributed by atoms with Crippen LogP contribution in [0.3, 0.4) is 0 Å². The molecular formula is C15H14ClNO2. The fraction of sp³-hybridized carbons (Fsp3) is 0.333. The maximum atomic E-state index is 11.8. The van der Waals surface area contributed by atoms with E-state index >= 15 is 0 Å². The highest BCUT2D eigenvalue weighted by atomic mass is 35.5. The fourth-order valence-corrected chi connectivity index (χ4v) is 2.93. The van der Waals surface area contributed by atoms with E-state index in [4.69, 9.17) is 16.3 Å². The van der Waals surface area contributed by atoms with Crippen molar-refractivity contribution < 1.29 is 9.53 Å². The van der Waals surface area contributed by atoms with Gasteiger partial charge in [-0.25, -0.2) is 4.79 Å². The van der Waals surface area contributed by atoms with Gasteiger partial charge in [0.2, 0.25) is 0 Å². The van der Waals surface area contributed by atoms with Crippen LogP contribution in [0.2, 0.25) is 5.02 Å². The molecule has 3 nitrogen and oxygen atoms in total. The lowest BCUT2D eigenvalue weighted by Crippen LogP contribution is -2.06. The minimum atomic E-state index is -0.414. The number of rotatable bonds is 2. The van der Waals surface area contributed by atoms with Crippen LogP contribution in [0.4, 0.5) is 0 Å². The van der Waals surface area contributed by atoms with Gasteiger partial charge in [-0.05, 0) is 37.3 Å². The van der Waals surface area contributed by atoms with E-state index in [9.17, 15) is 4.79 Å². The second kappa shape index (κ2) is 4.82. The highest BCUT2D eigenvalue weighted by Gasteiger charge is 2.20. The average Bonchev–Trinajstić information content (AvgIpc) is 2.87. The van der Waals surface area contributed by atoms with E-state index in [0.717, 1.165) is 30.2 Å². The largest absolute Gasteiger partial charge is 0.462 e. The number of aryl methyl sites for hydroxylation is 2. The molecule has 1 aliphatic rings. The van der Waals surface area contributed by atoms with Crippen LogP contribution in [0.15, 0.2) is 18.3 Å². The zero-order valence-electron chi connectivity index (χ0n) is 10.7. The summed E-state index contributed by atoms with van der Waals surface area (Å²) in [5.41, 5.74) is 3.89. The van der Waals surface area contributed by atoms with E-state index in [1.807, 2.05) is 6.07 Å². The third-order valence-electron chi connectivity index (χ3n) is 3.54. The van der Waals surface area contributed by atoms with Gasteiger partial charge >= 0.3 is 5.97 Å². The van der Waals surface area contributed by atoms with Gasteiger partial charge in [0, 0.05) is 11.6 Å². The van der Waals surface area contributed by atoms with E-state index in [2.05, 4.69) is 11.1 Å². The van der Waals surface area contributed by atoms with Crippen LogP contribution in [0, 0.1) is 0 Å². The zero-order chi connectivity index (χ0) is 13.4. The summed E-state index contributed by atoms with van der Waals surface area (Å²) in [4.78, 5) is 16.2. The topological polar surface area (TPSA) is 39.2 Å². The Morgan fingerprint density at radius 1 is 1.42 bits per heavy atom. The number of aromatic nitrogens is 1. The molecule has 2 aromatic rings. The number of fused-ring (bicyclic) bond motifs is 3. The number of halogens is 1. The van der Waals surface area contributed by atoms with Crippen molar-refractivity contribution in [1.29, 1.82) is 0 Å². The Bertz CT molecular complexity index is 667. The maximum Gasteiger partial charge on any atom is 0.341 e. The predicted octanol–water partition coefficient (Wildman–Crippen LogP) is 3.55. The van der Waals surface area contributed by atoms with E-state index in [1.165, 1.54) is 17.3 Å². The number of hydrogen-bond acceptors (Lipinski definition) is 3. The number of nitrogens with zero attached hydrogens (tertiary/aromatic N) is 1. The monoisotopic (exact) mass is 275 g/mol. The first kappa shape index (κ1) is 12.4. The van der Waals surface area contributed by atoms with Crippen LogP contribution in [0.5, 0.6) is 0 Å². The summed E-state index contributed by atoms with van der Waals surface area (Å²) in [5, 5.41) is 1.28. The van der Waals surface area contributed by atoms with Gasteiger partial charge in [0.25, 0.3) is 0 Å². The zero-order valence-corrected chi connectivity index (χ0v) is 11.5. The summed E-state index contributed by atoms with van der Waals surface area (Å²) in [6.07, 6.45) is 4.83. The van der Waals surface area contributed by atoms with Crippen LogP contribution in [-0.2, 0) is 17.6 Å².